The minimum atomic E-state index is -0.132. The molecule has 0 radical (unpaired) electrons. The topological polar surface area (TPSA) is 69.0 Å². The van der Waals surface area contributed by atoms with Gasteiger partial charge in [-0.2, -0.15) is 0 Å². The molecule has 2 aromatic heterocycles. The van der Waals surface area contributed by atoms with Crippen LogP contribution in [-0.4, -0.2) is 33.0 Å². The number of aromatic nitrogens is 3. The highest BCUT2D eigenvalue weighted by Crippen LogP contribution is 2.30. The zero-order valence-corrected chi connectivity index (χ0v) is 18.0. The SMILES string of the molecule is CCOc1ccccc1NC(=O)CSc1nnc(-c2cccs2)n1-c1ccccc1. The van der Waals surface area contributed by atoms with Crippen LogP contribution in [0, 0.1) is 0 Å². The number of benzene rings is 2. The number of para-hydroxylation sites is 3. The zero-order chi connectivity index (χ0) is 20.8. The normalized spacial score (nSPS) is 10.7. The second kappa shape index (κ2) is 9.60. The number of thiophene rings is 1. The van der Waals surface area contributed by atoms with E-state index in [1.807, 2.05) is 83.6 Å². The van der Waals surface area contributed by atoms with Crippen molar-refractivity contribution < 1.29 is 9.53 Å². The maximum Gasteiger partial charge on any atom is 0.234 e. The number of carbonyl (C=O) groups excluding carboxylic acids is 1. The van der Waals surface area contributed by atoms with Crippen LogP contribution in [0.25, 0.3) is 16.4 Å². The Hall–Kier alpha value is -3.10. The van der Waals surface area contributed by atoms with E-state index in [1.54, 1.807) is 11.3 Å². The van der Waals surface area contributed by atoms with Crippen LogP contribution in [0.3, 0.4) is 0 Å². The van der Waals surface area contributed by atoms with E-state index in [0.717, 1.165) is 16.4 Å². The number of nitrogens with one attached hydrogen (secondary N) is 1. The maximum absolute atomic E-state index is 12.6. The van der Waals surface area contributed by atoms with E-state index in [1.165, 1.54) is 11.8 Å². The molecule has 2 heterocycles. The fourth-order valence-corrected chi connectivity index (χ4v) is 4.36. The highest BCUT2D eigenvalue weighted by molar-refractivity contribution is 7.99. The van der Waals surface area contributed by atoms with Crippen molar-refractivity contribution in [2.24, 2.45) is 0 Å². The lowest BCUT2D eigenvalue weighted by molar-refractivity contribution is -0.113. The summed E-state index contributed by atoms with van der Waals surface area (Å²) in [6, 6.07) is 21.3. The number of nitrogens with zero attached hydrogens (tertiary/aromatic N) is 3. The first-order chi connectivity index (χ1) is 14.8. The first-order valence-corrected chi connectivity index (χ1v) is 11.3. The van der Waals surface area contributed by atoms with E-state index in [9.17, 15) is 4.79 Å². The van der Waals surface area contributed by atoms with E-state index >= 15 is 0 Å². The van der Waals surface area contributed by atoms with Crippen molar-refractivity contribution in [1.82, 2.24) is 14.8 Å². The summed E-state index contributed by atoms with van der Waals surface area (Å²) in [5.41, 5.74) is 1.62. The Morgan fingerprint density at radius 3 is 2.63 bits per heavy atom. The summed E-state index contributed by atoms with van der Waals surface area (Å²) < 4.78 is 7.56. The van der Waals surface area contributed by atoms with Crippen LogP contribution in [0.5, 0.6) is 5.75 Å². The highest BCUT2D eigenvalue weighted by Gasteiger charge is 2.18. The van der Waals surface area contributed by atoms with Gasteiger partial charge < -0.3 is 10.1 Å². The standard InChI is InChI=1S/C22H20N4O2S2/c1-2-28-18-12-7-6-11-17(18)23-20(27)15-30-22-25-24-21(19-13-8-14-29-19)26(22)16-9-4-3-5-10-16/h3-14H,2,15H2,1H3,(H,23,27). The summed E-state index contributed by atoms with van der Waals surface area (Å²) in [6.07, 6.45) is 0. The molecule has 0 fully saturated rings. The molecule has 0 saturated carbocycles. The average molecular weight is 437 g/mol. The molecule has 8 heteroatoms. The van der Waals surface area contributed by atoms with Gasteiger partial charge in [0.15, 0.2) is 11.0 Å². The molecule has 6 nitrogen and oxygen atoms in total. The molecule has 0 aliphatic rings. The fourth-order valence-electron chi connectivity index (χ4n) is 2.91. The van der Waals surface area contributed by atoms with Crippen molar-refractivity contribution in [1.29, 1.82) is 0 Å². The van der Waals surface area contributed by atoms with Gasteiger partial charge in [-0.05, 0) is 42.6 Å². The number of hydrogen-bond donors (Lipinski definition) is 1. The molecule has 1 amide bonds. The third kappa shape index (κ3) is 4.55. The van der Waals surface area contributed by atoms with E-state index in [-0.39, 0.29) is 11.7 Å². The average Bonchev–Trinajstić information content (AvgIpc) is 3.44. The van der Waals surface area contributed by atoms with Gasteiger partial charge in [-0.15, -0.1) is 21.5 Å². The first kappa shape index (κ1) is 20.2. The van der Waals surface area contributed by atoms with Gasteiger partial charge in [-0.25, -0.2) is 0 Å². The van der Waals surface area contributed by atoms with E-state index in [2.05, 4.69) is 15.5 Å². The minimum Gasteiger partial charge on any atom is -0.492 e. The number of rotatable bonds is 8. The van der Waals surface area contributed by atoms with Gasteiger partial charge in [0, 0.05) is 5.69 Å². The summed E-state index contributed by atoms with van der Waals surface area (Å²) in [7, 11) is 0. The van der Waals surface area contributed by atoms with Crippen molar-refractivity contribution in [3.05, 3.63) is 72.1 Å². The second-order valence-electron chi connectivity index (χ2n) is 6.22. The Morgan fingerprint density at radius 1 is 1.07 bits per heavy atom. The van der Waals surface area contributed by atoms with Crippen LogP contribution in [0.2, 0.25) is 0 Å². The van der Waals surface area contributed by atoms with Gasteiger partial charge in [0.2, 0.25) is 5.91 Å². The number of anilines is 1. The Bertz CT molecular complexity index is 1110. The minimum absolute atomic E-state index is 0.132. The van der Waals surface area contributed by atoms with E-state index in [0.29, 0.717) is 23.2 Å². The van der Waals surface area contributed by atoms with Gasteiger partial charge in [-0.1, -0.05) is 48.2 Å². The highest BCUT2D eigenvalue weighted by atomic mass is 32.2. The third-order valence-electron chi connectivity index (χ3n) is 4.18. The molecule has 0 unspecified atom stereocenters. The third-order valence-corrected chi connectivity index (χ3v) is 5.98. The van der Waals surface area contributed by atoms with Crippen LogP contribution in [0.1, 0.15) is 6.92 Å². The molecule has 0 aliphatic heterocycles. The number of carbonyl (C=O) groups is 1. The van der Waals surface area contributed by atoms with Crippen molar-refractivity contribution >= 4 is 34.7 Å². The Labute approximate surface area is 182 Å². The van der Waals surface area contributed by atoms with Gasteiger partial charge in [0.1, 0.15) is 5.75 Å². The smallest absolute Gasteiger partial charge is 0.234 e. The molecule has 152 valence electrons. The quantitative estimate of drug-likeness (QED) is 0.388. The largest absolute Gasteiger partial charge is 0.492 e. The molecule has 1 N–H and O–H groups in total. The molecule has 0 aliphatic carbocycles. The molecule has 4 aromatic rings. The van der Waals surface area contributed by atoms with Crippen LogP contribution in [0.15, 0.2) is 77.3 Å². The number of amides is 1. The number of thioether (sulfide) groups is 1. The molecule has 2 aromatic carbocycles. The van der Waals surface area contributed by atoms with Crippen molar-refractivity contribution in [3.63, 3.8) is 0 Å². The fraction of sp³-hybridized carbons (Fsp3) is 0.136. The molecule has 4 rings (SSSR count). The summed E-state index contributed by atoms with van der Waals surface area (Å²) in [6.45, 7) is 2.45. The second-order valence-corrected chi connectivity index (χ2v) is 8.11. The Balaban J connectivity index is 1.53. The van der Waals surface area contributed by atoms with Crippen molar-refractivity contribution in [3.8, 4) is 22.1 Å². The summed E-state index contributed by atoms with van der Waals surface area (Å²) in [4.78, 5) is 13.6. The lowest BCUT2D eigenvalue weighted by Crippen LogP contribution is -2.15. The predicted molar refractivity (Wildman–Crippen MR) is 122 cm³/mol. The molecule has 0 bridgehead atoms. The van der Waals surface area contributed by atoms with Gasteiger partial charge in [0.05, 0.1) is 22.9 Å². The predicted octanol–water partition coefficient (Wildman–Crippen LogP) is 5.13. The lowest BCUT2D eigenvalue weighted by Gasteiger charge is -2.11. The van der Waals surface area contributed by atoms with Gasteiger partial charge in [0.25, 0.3) is 0 Å². The number of ether oxygens (including phenoxy) is 1. The molecule has 0 atom stereocenters. The van der Waals surface area contributed by atoms with E-state index in [4.69, 9.17) is 4.74 Å². The Morgan fingerprint density at radius 2 is 1.87 bits per heavy atom. The van der Waals surface area contributed by atoms with Gasteiger partial charge in [-0.3, -0.25) is 9.36 Å². The van der Waals surface area contributed by atoms with Crippen LogP contribution in [-0.2, 0) is 4.79 Å². The van der Waals surface area contributed by atoms with Gasteiger partial charge >= 0.3 is 0 Å². The molecule has 0 spiro atoms. The van der Waals surface area contributed by atoms with Crippen LogP contribution >= 0.6 is 23.1 Å². The summed E-state index contributed by atoms with van der Waals surface area (Å²) in [5, 5.41) is 14.3. The van der Waals surface area contributed by atoms with E-state index < -0.39 is 0 Å². The first-order valence-electron chi connectivity index (χ1n) is 9.45. The van der Waals surface area contributed by atoms with Crippen molar-refractivity contribution in [2.45, 2.75) is 12.1 Å². The molecular weight excluding hydrogens is 416 g/mol. The lowest BCUT2D eigenvalue weighted by atomic mass is 10.3. The molecular formula is C22H20N4O2S2. The molecule has 30 heavy (non-hydrogen) atoms. The maximum atomic E-state index is 12.6. The van der Waals surface area contributed by atoms with Crippen LogP contribution in [0.4, 0.5) is 5.69 Å². The Kier molecular flexibility index (Phi) is 6.46. The zero-order valence-electron chi connectivity index (χ0n) is 16.3. The summed E-state index contributed by atoms with van der Waals surface area (Å²) in [5.74, 6) is 1.49. The summed E-state index contributed by atoms with van der Waals surface area (Å²) >= 11 is 2.95. The molecule has 0 saturated heterocycles. The monoisotopic (exact) mass is 436 g/mol. The van der Waals surface area contributed by atoms with Crippen molar-refractivity contribution in [2.75, 3.05) is 17.7 Å². The number of hydrogen-bond acceptors (Lipinski definition) is 6. The van der Waals surface area contributed by atoms with Crippen LogP contribution < -0.4 is 10.1 Å².